The summed E-state index contributed by atoms with van der Waals surface area (Å²) in [4.78, 5) is 15.7. The van der Waals surface area contributed by atoms with Gasteiger partial charge in [-0.15, -0.1) is 0 Å². The summed E-state index contributed by atoms with van der Waals surface area (Å²) in [7, 11) is 0. The Kier molecular flexibility index (Phi) is 7.42. The second kappa shape index (κ2) is 13.1. The van der Waals surface area contributed by atoms with Gasteiger partial charge in [0, 0.05) is 43.8 Å². The molecular formula is C53H35N3O2. The Bertz CT molecular complexity index is 3410. The van der Waals surface area contributed by atoms with Gasteiger partial charge in [-0.25, -0.2) is 15.0 Å². The van der Waals surface area contributed by atoms with Gasteiger partial charge in [-0.3, -0.25) is 0 Å². The Balaban J connectivity index is 1.07. The first kappa shape index (κ1) is 32.8. The van der Waals surface area contributed by atoms with Crippen LogP contribution >= 0.6 is 0 Å². The van der Waals surface area contributed by atoms with Crippen LogP contribution in [0.5, 0.6) is 0 Å². The van der Waals surface area contributed by atoms with Gasteiger partial charge in [-0.05, 0) is 94.6 Å². The molecule has 0 saturated heterocycles. The van der Waals surface area contributed by atoms with Crippen LogP contribution in [0.1, 0.15) is 41.8 Å². The van der Waals surface area contributed by atoms with E-state index in [1.165, 1.54) is 27.5 Å². The first-order chi connectivity index (χ1) is 28.7. The van der Waals surface area contributed by atoms with Crippen molar-refractivity contribution in [3.8, 4) is 33.9 Å². The third-order valence-corrected chi connectivity index (χ3v) is 11.9. The average Bonchev–Trinajstić information content (AvgIpc) is 3.87. The van der Waals surface area contributed by atoms with Gasteiger partial charge < -0.3 is 8.83 Å². The molecule has 3 heterocycles. The fourth-order valence-electron chi connectivity index (χ4n) is 9.12. The molecule has 0 unspecified atom stereocenters. The van der Waals surface area contributed by atoms with Gasteiger partial charge >= 0.3 is 0 Å². The lowest BCUT2D eigenvalue weighted by atomic mass is 9.88. The summed E-state index contributed by atoms with van der Waals surface area (Å²) in [5.74, 6) is 1.91. The van der Waals surface area contributed by atoms with Crippen molar-refractivity contribution in [3.63, 3.8) is 0 Å². The minimum atomic E-state index is 0.609. The predicted octanol–water partition coefficient (Wildman–Crippen LogP) is 14.0. The number of rotatable bonds is 5. The van der Waals surface area contributed by atoms with Crippen LogP contribution in [0.15, 0.2) is 167 Å². The zero-order valence-electron chi connectivity index (χ0n) is 31.6. The lowest BCUT2D eigenvalue weighted by Crippen LogP contribution is -2.06. The van der Waals surface area contributed by atoms with E-state index in [9.17, 15) is 0 Å². The average molecular weight is 746 g/mol. The second-order valence-corrected chi connectivity index (χ2v) is 15.3. The van der Waals surface area contributed by atoms with Crippen molar-refractivity contribution in [2.45, 2.75) is 25.7 Å². The van der Waals surface area contributed by atoms with Gasteiger partial charge in [0.1, 0.15) is 22.3 Å². The molecule has 0 bridgehead atoms. The van der Waals surface area contributed by atoms with E-state index in [4.69, 9.17) is 23.8 Å². The highest BCUT2D eigenvalue weighted by atomic mass is 16.3. The van der Waals surface area contributed by atoms with Crippen molar-refractivity contribution in [1.82, 2.24) is 15.0 Å². The van der Waals surface area contributed by atoms with Crippen molar-refractivity contribution in [3.05, 3.63) is 180 Å². The van der Waals surface area contributed by atoms with E-state index in [2.05, 4.69) is 146 Å². The lowest BCUT2D eigenvalue weighted by Gasteiger charge is -2.18. The number of allylic oxidation sites excluding steroid dienone is 5. The van der Waals surface area contributed by atoms with E-state index in [1.807, 2.05) is 18.2 Å². The maximum atomic E-state index is 6.82. The minimum absolute atomic E-state index is 0.609. The Morgan fingerprint density at radius 3 is 2.07 bits per heavy atom. The van der Waals surface area contributed by atoms with Crippen LogP contribution in [-0.2, 0) is 6.42 Å². The van der Waals surface area contributed by atoms with Gasteiger partial charge in [-0.2, -0.15) is 0 Å². The highest BCUT2D eigenvalue weighted by Gasteiger charge is 2.23. The molecular weight excluding hydrogens is 711 g/mol. The molecule has 10 aromatic rings. The quantitative estimate of drug-likeness (QED) is 0.175. The number of benzene rings is 7. The molecule has 2 aliphatic carbocycles. The molecule has 0 amide bonds. The molecule has 12 rings (SSSR count). The van der Waals surface area contributed by atoms with Crippen molar-refractivity contribution in [2.24, 2.45) is 0 Å². The third kappa shape index (κ3) is 5.27. The molecule has 0 N–H and O–H groups in total. The van der Waals surface area contributed by atoms with Crippen molar-refractivity contribution >= 4 is 71.9 Å². The normalized spacial score (nSPS) is 14.1. The highest BCUT2D eigenvalue weighted by Crippen LogP contribution is 2.44. The third-order valence-electron chi connectivity index (χ3n) is 11.9. The van der Waals surface area contributed by atoms with Crippen LogP contribution in [0.4, 0.5) is 0 Å². The molecule has 0 saturated carbocycles. The molecule has 274 valence electrons. The van der Waals surface area contributed by atoms with Gasteiger partial charge in [0.25, 0.3) is 0 Å². The predicted molar refractivity (Wildman–Crippen MR) is 237 cm³/mol. The number of fused-ring (bicyclic) bond motifs is 8. The van der Waals surface area contributed by atoms with E-state index in [0.29, 0.717) is 17.5 Å². The van der Waals surface area contributed by atoms with Crippen molar-refractivity contribution in [2.75, 3.05) is 0 Å². The zero-order chi connectivity index (χ0) is 38.2. The van der Waals surface area contributed by atoms with E-state index >= 15 is 0 Å². The van der Waals surface area contributed by atoms with E-state index in [1.54, 1.807) is 0 Å². The number of aryl methyl sites for hydroxylation is 1. The minimum Gasteiger partial charge on any atom is -0.456 e. The topological polar surface area (TPSA) is 65.0 Å². The summed E-state index contributed by atoms with van der Waals surface area (Å²) in [5.41, 5.74) is 13.4. The Labute approximate surface area is 334 Å². The maximum absolute atomic E-state index is 6.82. The SMILES string of the molecule is C1=CC(c2nc(-c3ccc4c(c3)CCC=C4)nc(-c3ccc4c(c3)oc3ccccc34)n2)=C(c2cccc3oc4c(-c5cccc6ccccc56)cccc4c23)CC1. The van der Waals surface area contributed by atoms with Gasteiger partial charge in [0.05, 0.1) is 0 Å². The van der Waals surface area contributed by atoms with Crippen LogP contribution in [0.2, 0.25) is 0 Å². The number of furan rings is 2. The molecule has 0 atom stereocenters. The zero-order valence-corrected chi connectivity index (χ0v) is 31.6. The van der Waals surface area contributed by atoms with Gasteiger partial charge in [-0.1, -0.05) is 133 Å². The molecule has 5 nitrogen and oxygen atoms in total. The largest absolute Gasteiger partial charge is 0.456 e. The summed E-state index contributed by atoms with van der Waals surface area (Å²) in [6, 6.07) is 49.0. The van der Waals surface area contributed by atoms with Crippen LogP contribution < -0.4 is 0 Å². The van der Waals surface area contributed by atoms with Gasteiger partial charge in [0.15, 0.2) is 17.5 Å². The lowest BCUT2D eigenvalue weighted by molar-refractivity contribution is 0.669. The van der Waals surface area contributed by atoms with Crippen LogP contribution in [0, 0.1) is 0 Å². The summed E-state index contributed by atoms with van der Waals surface area (Å²) in [6.45, 7) is 0. The number of para-hydroxylation sites is 2. The fraction of sp³-hybridized carbons (Fsp3) is 0.0755. The fourth-order valence-corrected chi connectivity index (χ4v) is 9.12. The summed E-state index contributed by atoms with van der Waals surface area (Å²) in [6.07, 6.45) is 12.7. The Morgan fingerprint density at radius 1 is 0.448 bits per heavy atom. The maximum Gasteiger partial charge on any atom is 0.164 e. The van der Waals surface area contributed by atoms with Gasteiger partial charge in [0.2, 0.25) is 0 Å². The number of aromatic nitrogens is 3. The van der Waals surface area contributed by atoms with E-state index in [-0.39, 0.29) is 0 Å². The smallest absolute Gasteiger partial charge is 0.164 e. The van der Waals surface area contributed by atoms with Crippen LogP contribution in [-0.4, -0.2) is 15.0 Å². The van der Waals surface area contributed by atoms with E-state index < -0.39 is 0 Å². The molecule has 2 aliphatic rings. The molecule has 5 heteroatoms. The summed E-state index contributed by atoms with van der Waals surface area (Å²) >= 11 is 0. The molecule has 3 aromatic heterocycles. The Morgan fingerprint density at radius 2 is 1.12 bits per heavy atom. The van der Waals surface area contributed by atoms with Crippen LogP contribution in [0.25, 0.3) is 106 Å². The number of hydrogen-bond donors (Lipinski definition) is 0. The Hall–Kier alpha value is -7.37. The molecule has 0 spiro atoms. The first-order valence-electron chi connectivity index (χ1n) is 20.0. The molecule has 7 aromatic carbocycles. The standard InChI is InChI=1S/C53H35N3O2/c1-2-14-34-30-35(27-26-32(34)12-1)51-54-52(36-28-29-41-40-18-7-8-24-46(40)57-48(41)31-36)56-53(55-51)44-19-6-5-17-39(44)42-21-11-25-47-49(42)45-23-10-22-43(50(45)58-47)38-20-9-15-33-13-3-4-16-37(33)38/h1,3-4,6-13,15-16,18-31H,2,5,14,17H2. The van der Waals surface area contributed by atoms with Crippen molar-refractivity contribution in [1.29, 1.82) is 0 Å². The molecule has 58 heavy (non-hydrogen) atoms. The van der Waals surface area contributed by atoms with Crippen molar-refractivity contribution < 1.29 is 8.83 Å². The molecule has 0 aliphatic heterocycles. The highest BCUT2D eigenvalue weighted by molar-refractivity contribution is 6.17. The second-order valence-electron chi connectivity index (χ2n) is 15.3. The first-order valence-corrected chi connectivity index (χ1v) is 20.0. The number of nitrogens with zero attached hydrogens (tertiary/aromatic N) is 3. The monoisotopic (exact) mass is 745 g/mol. The molecule has 0 radical (unpaired) electrons. The number of hydrogen-bond acceptors (Lipinski definition) is 5. The summed E-state index contributed by atoms with van der Waals surface area (Å²) < 4.78 is 13.2. The summed E-state index contributed by atoms with van der Waals surface area (Å²) in [5, 5.41) is 6.78. The van der Waals surface area contributed by atoms with Crippen LogP contribution in [0.3, 0.4) is 0 Å². The van der Waals surface area contributed by atoms with E-state index in [0.717, 1.165) is 103 Å². The molecule has 0 fully saturated rings.